The average molecular weight is 250 g/mol. The molecule has 5 heteroatoms. The van der Waals surface area contributed by atoms with E-state index in [1.165, 1.54) is 6.42 Å². The fourth-order valence-corrected chi connectivity index (χ4v) is 1.80. The van der Waals surface area contributed by atoms with Crippen LogP contribution in [-0.4, -0.2) is 26.3 Å². The summed E-state index contributed by atoms with van der Waals surface area (Å²) in [5.41, 5.74) is 0.634. The molecule has 0 atom stereocenters. The first-order valence-electron chi connectivity index (χ1n) is 6.02. The van der Waals surface area contributed by atoms with Crippen molar-refractivity contribution in [3.8, 4) is 11.5 Å². The van der Waals surface area contributed by atoms with Gasteiger partial charge in [0, 0.05) is 12.1 Å². The summed E-state index contributed by atoms with van der Waals surface area (Å²) in [6, 6.07) is 5.40. The van der Waals surface area contributed by atoms with Crippen LogP contribution in [0.4, 0.5) is 10.5 Å². The van der Waals surface area contributed by atoms with E-state index < -0.39 is 0 Å². The van der Waals surface area contributed by atoms with Gasteiger partial charge in [0.05, 0.1) is 19.9 Å². The van der Waals surface area contributed by atoms with E-state index in [-0.39, 0.29) is 6.03 Å². The molecule has 0 heterocycles. The summed E-state index contributed by atoms with van der Waals surface area (Å²) in [6.45, 7) is 0. The average Bonchev–Trinajstić information content (AvgIpc) is 2.34. The van der Waals surface area contributed by atoms with Gasteiger partial charge in [-0.2, -0.15) is 0 Å². The minimum Gasteiger partial charge on any atom is -0.497 e. The summed E-state index contributed by atoms with van der Waals surface area (Å²) in [5.74, 6) is 1.27. The number of urea groups is 1. The van der Waals surface area contributed by atoms with Gasteiger partial charge in [0.15, 0.2) is 0 Å². The van der Waals surface area contributed by atoms with Gasteiger partial charge in [-0.3, -0.25) is 0 Å². The van der Waals surface area contributed by atoms with E-state index in [2.05, 4.69) is 10.6 Å². The molecule has 1 aliphatic carbocycles. The van der Waals surface area contributed by atoms with Crippen molar-refractivity contribution in [3.05, 3.63) is 18.2 Å². The van der Waals surface area contributed by atoms with Gasteiger partial charge in [-0.05, 0) is 31.4 Å². The highest BCUT2D eigenvalue weighted by Crippen LogP contribution is 2.29. The van der Waals surface area contributed by atoms with E-state index in [9.17, 15) is 4.79 Å². The number of hydrogen-bond donors (Lipinski definition) is 2. The number of amides is 2. The molecule has 5 nitrogen and oxygen atoms in total. The molecule has 2 amide bonds. The van der Waals surface area contributed by atoms with Crippen LogP contribution in [0.3, 0.4) is 0 Å². The zero-order valence-corrected chi connectivity index (χ0v) is 10.7. The lowest BCUT2D eigenvalue weighted by atomic mass is 9.93. The van der Waals surface area contributed by atoms with Crippen molar-refractivity contribution in [2.24, 2.45) is 0 Å². The molecule has 2 N–H and O–H groups in total. The number of anilines is 1. The fraction of sp³-hybridized carbons (Fsp3) is 0.462. The predicted octanol–water partition coefficient (Wildman–Crippen LogP) is 2.38. The number of hydrogen-bond acceptors (Lipinski definition) is 3. The summed E-state index contributed by atoms with van der Waals surface area (Å²) >= 11 is 0. The van der Waals surface area contributed by atoms with Gasteiger partial charge in [0.25, 0.3) is 0 Å². The van der Waals surface area contributed by atoms with Gasteiger partial charge in [-0.15, -0.1) is 0 Å². The van der Waals surface area contributed by atoms with Crippen molar-refractivity contribution in [3.63, 3.8) is 0 Å². The van der Waals surface area contributed by atoms with Crippen molar-refractivity contribution in [2.45, 2.75) is 25.3 Å². The Morgan fingerprint density at radius 3 is 2.61 bits per heavy atom. The van der Waals surface area contributed by atoms with Crippen LogP contribution in [0, 0.1) is 0 Å². The molecule has 0 aliphatic heterocycles. The van der Waals surface area contributed by atoms with Crippen LogP contribution in [0.5, 0.6) is 11.5 Å². The second kappa shape index (κ2) is 5.62. The van der Waals surface area contributed by atoms with E-state index in [1.807, 2.05) is 0 Å². The molecule has 0 unspecified atom stereocenters. The minimum atomic E-state index is -0.192. The highest BCUT2D eigenvalue weighted by atomic mass is 16.5. The molecule has 0 radical (unpaired) electrons. The van der Waals surface area contributed by atoms with Crippen molar-refractivity contribution >= 4 is 11.7 Å². The summed E-state index contributed by atoms with van der Waals surface area (Å²) in [6.07, 6.45) is 3.32. The Kier molecular flexibility index (Phi) is 3.92. The number of rotatable bonds is 4. The molecular weight excluding hydrogens is 232 g/mol. The highest BCUT2D eigenvalue weighted by molar-refractivity contribution is 5.91. The third kappa shape index (κ3) is 2.85. The fourth-order valence-electron chi connectivity index (χ4n) is 1.80. The molecule has 98 valence electrons. The van der Waals surface area contributed by atoms with Gasteiger partial charge < -0.3 is 20.1 Å². The van der Waals surface area contributed by atoms with E-state index in [1.54, 1.807) is 32.4 Å². The Balaban J connectivity index is 2.00. The molecule has 1 saturated carbocycles. The third-order valence-corrected chi connectivity index (χ3v) is 3.10. The van der Waals surface area contributed by atoms with Gasteiger partial charge in [0.1, 0.15) is 11.5 Å². The smallest absolute Gasteiger partial charge is 0.319 e. The van der Waals surface area contributed by atoms with Crippen LogP contribution in [0.25, 0.3) is 0 Å². The van der Waals surface area contributed by atoms with Crippen molar-refractivity contribution in [1.29, 1.82) is 0 Å². The molecule has 1 fully saturated rings. The van der Waals surface area contributed by atoms with Crippen LogP contribution >= 0.6 is 0 Å². The van der Waals surface area contributed by atoms with Crippen molar-refractivity contribution < 1.29 is 14.3 Å². The maximum Gasteiger partial charge on any atom is 0.319 e. The van der Waals surface area contributed by atoms with E-state index in [4.69, 9.17) is 9.47 Å². The maximum atomic E-state index is 11.7. The topological polar surface area (TPSA) is 59.6 Å². The Morgan fingerprint density at radius 2 is 2.06 bits per heavy atom. The second-order valence-corrected chi connectivity index (χ2v) is 4.29. The minimum absolute atomic E-state index is 0.192. The molecule has 0 saturated heterocycles. The first kappa shape index (κ1) is 12.5. The maximum absolute atomic E-state index is 11.7. The van der Waals surface area contributed by atoms with Gasteiger partial charge in [-0.1, -0.05) is 0 Å². The summed E-state index contributed by atoms with van der Waals surface area (Å²) in [4.78, 5) is 11.7. The Morgan fingerprint density at radius 1 is 1.28 bits per heavy atom. The predicted molar refractivity (Wildman–Crippen MR) is 69.3 cm³/mol. The molecule has 0 bridgehead atoms. The van der Waals surface area contributed by atoms with Crippen LogP contribution in [0.2, 0.25) is 0 Å². The zero-order chi connectivity index (χ0) is 13.0. The molecule has 1 aromatic carbocycles. The van der Waals surface area contributed by atoms with E-state index in [0.717, 1.165) is 12.8 Å². The van der Waals surface area contributed by atoms with Crippen molar-refractivity contribution in [2.75, 3.05) is 19.5 Å². The molecule has 0 spiro atoms. The number of carbonyl (C=O) groups excluding carboxylic acids is 1. The molecular formula is C13H18N2O3. The highest BCUT2D eigenvalue weighted by Gasteiger charge is 2.19. The summed E-state index contributed by atoms with van der Waals surface area (Å²) in [7, 11) is 3.15. The number of ether oxygens (including phenoxy) is 2. The lowest BCUT2D eigenvalue weighted by molar-refractivity contribution is 0.240. The standard InChI is InChI=1S/C13H18N2O3/c1-17-10-6-7-11(12(8-10)18-2)15-13(16)14-9-4-3-5-9/h6-9H,3-5H2,1-2H3,(H2,14,15,16). The quantitative estimate of drug-likeness (QED) is 0.862. The zero-order valence-electron chi connectivity index (χ0n) is 10.7. The molecule has 0 aromatic heterocycles. The molecule has 1 aliphatic rings. The summed E-state index contributed by atoms with van der Waals surface area (Å²) < 4.78 is 10.3. The third-order valence-electron chi connectivity index (χ3n) is 3.10. The Labute approximate surface area is 106 Å². The number of nitrogens with one attached hydrogen (secondary N) is 2. The van der Waals surface area contributed by atoms with Crippen LogP contribution in [-0.2, 0) is 0 Å². The largest absolute Gasteiger partial charge is 0.497 e. The first-order chi connectivity index (χ1) is 8.72. The van der Waals surface area contributed by atoms with Gasteiger partial charge >= 0.3 is 6.03 Å². The second-order valence-electron chi connectivity index (χ2n) is 4.29. The van der Waals surface area contributed by atoms with Crippen LogP contribution < -0.4 is 20.1 Å². The Bertz CT molecular complexity index is 430. The Hall–Kier alpha value is -1.91. The first-order valence-corrected chi connectivity index (χ1v) is 6.02. The summed E-state index contributed by atoms with van der Waals surface area (Å²) in [5, 5.41) is 5.69. The number of benzene rings is 1. The van der Waals surface area contributed by atoms with Gasteiger partial charge in [-0.25, -0.2) is 4.79 Å². The molecule has 1 aromatic rings. The SMILES string of the molecule is COc1ccc(NC(=O)NC2CCC2)c(OC)c1. The van der Waals surface area contributed by atoms with E-state index >= 15 is 0 Å². The molecule has 18 heavy (non-hydrogen) atoms. The normalized spacial score (nSPS) is 14.6. The number of methoxy groups -OCH3 is 2. The number of carbonyl (C=O) groups is 1. The van der Waals surface area contributed by atoms with Crippen molar-refractivity contribution in [1.82, 2.24) is 5.32 Å². The van der Waals surface area contributed by atoms with E-state index in [0.29, 0.717) is 23.2 Å². The molecule has 2 rings (SSSR count). The lowest BCUT2D eigenvalue weighted by Crippen LogP contribution is -2.41. The lowest BCUT2D eigenvalue weighted by Gasteiger charge is -2.26. The van der Waals surface area contributed by atoms with Crippen LogP contribution in [0.15, 0.2) is 18.2 Å². The van der Waals surface area contributed by atoms with Crippen LogP contribution in [0.1, 0.15) is 19.3 Å². The monoisotopic (exact) mass is 250 g/mol. The van der Waals surface area contributed by atoms with Gasteiger partial charge in [0.2, 0.25) is 0 Å².